The number of aliphatic hydroxyl groups is 1. The van der Waals surface area contributed by atoms with Gasteiger partial charge in [0.05, 0.1) is 30.1 Å². The predicted octanol–water partition coefficient (Wildman–Crippen LogP) is 4.37. The number of halogens is 5. The van der Waals surface area contributed by atoms with Crippen LogP contribution in [0, 0.1) is 11.6 Å². The van der Waals surface area contributed by atoms with E-state index in [0.29, 0.717) is 18.2 Å². The molecular formula is C33H38F5N3O6S. The Kier molecular flexibility index (Phi) is 14.3. The number of aliphatic hydroxyl groups excluding tert-OH is 1. The molecule has 4 N–H and O–H groups in total. The van der Waals surface area contributed by atoms with Crippen molar-refractivity contribution in [3.63, 3.8) is 0 Å². The van der Waals surface area contributed by atoms with Crippen LogP contribution in [0.5, 0.6) is 0 Å². The largest absolute Gasteiger partial charge is 0.445 e. The van der Waals surface area contributed by atoms with Gasteiger partial charge in [-0.3, -0.25) is 4.79 Å². The number of nitrogens with one attached hydrogen (secondary N) is 3. The molecule has 0 aliphatic carbocycles. The van der Waals surface area contributed by atoms with Gasteiger partial charge in [-0.1, -0.05) is 61.5 Å². The fraction of sp³-hybridized carbons (Fsp3) is 0.394. The topological polar surface area (TPSA) is 134 Å². The second-order valence-corrected chi connectivity index (χ2v) is 13.4. The van der Waals surface area contributed by atoms with Crippen LogP contribution >= 0.6 is 0 Å². The second kappa shape index (κ2) is 17.9. The number of alkyl halides is 3. The summed E-state index contributed by atoms with van der Waals surface area (Å²) >= 11 is 0. The molecule has 48 heavy (non-hydrogen) atoms. The van der Waals surface area contributed by atoms with E-state index in [4.69, 9.17) is 4.74 Å². The van der Waals surface area contributed by atoms with Crippen LogP contribution in [0.3, 0.4) is 0 Å². The maximum Gasteiger partial charge on any atom is 0.408 e. The molecule has 0 heterocycles. The Labute approximate surface area is 275 Å². The van der Waals surface area contributed by atoms with Crippen LogP contribution in [-0.2, 0) is 45.4 Å². The Morgan fingerprint density at radius 3 is 2.17 bits per heavy atom. The summed E-state index contributed by atoms with van der Waals surface area (Å²) in [5, 5.41) is 18.6. The first-order valence-corrected chi connectivity index (χ1v) is 16.9. The standard InChI is InChI=1S/C33H38F5N3O6S/c1-2-22-9-6-10-24(13-22)18-39-19-30(42)28(16-25-14-26(34)17-27(35)15-25)40-31(43)29(21-48(45,46)12-11-33(36,37)38)41-32(44)47-20-23-7-4-3-5-8-23/h3-10,13-15,17,28-30,39,42H,2,11-12,16,18-21H2,1H3,(H,40,43)(H,41,44)/t28-,29+,30+/m0/s1. The lowest BCUT2D eigenvalue weighted by Gasteiger charge is -2.27. The number of benzene rings is 3. The summed E-state index contributed by atoms with van der Waals surface area (Å²) in [5.74, 6) is -5.60. The average Bonchev–Trinajstić information content (AvgIpc) is 3.02. The number of aryl methyl sites for hydroxylation is 1. The Bertz CT molecular complexity index is 1590. The summed E-state index contributed by atoms with van der Waals surface area (Å²) in [4.78, 5) is 26.1. The summed E-state index contributed by atoms with van der Waals surface area (Å²) in [5.41, 5.74) is 2.58. The van der Waals surface area contributed by atoms with E-state index >= 15 is 0 Å². The number of ether oxygens (including phenoxy) is 1. The molecule has 0 fully saturated rings. The van der Waals surface area contributed by atoms with Gasteiger partial charge in [0.25, 0.3) is 0 Å². The van der Waals surface area contributed by atoms with E-state index in [1.807, 2.05) is 31.2 Å². The van der Waals surface area contributed by atoms with Crippen LogP contribution in [0.25, 0.3) is 0 Å². The minimum atomic E-state index is -4.80. The van der Waals surface area contributed by atoms with Crippen molar-refractivity contribution in [2.45, 2.75) is 63.7 Å². The minimum absolute atomic E-state index is 0.0390. The second-order valence-electron chi connectivity index (χ2n) is 11.2. The number of amides is 2. The van der Waals surface area contributed by atoms with Crippen molar-refractivity contribution in [3.05, 3.63) is 107 Å². The van der Waals surface area contributed by atoms with Crippen molar-refractivity contribution in [1.29, 1.82) is 0 Å². The normalized spacial score (nSPS) is 13.7. The molecule has 0 unspecified atom stereocenters. The molecule has 3 atom stereocenters. The molecule has 0 bridgehead atoms. The summed E-state index contributed by atoms with van der Waals surface area (Å²) < 4.78 is 96.8. The number of alkyl carbamates (subject to hydrolysis) is 1. The van der Waals surface area contributed by atoms with Crippen LogP contribution in [0.4, 0.5) is 26.7 Å². The molecule has 3 rings (SSSR count). The maximum atomic E-state index is 14.0. The van der Waals surface area contributed by atoms with E-state index in [1.54, 1.807) is 30.3 Å². The fourth-order valence-electron chi connectivity index (χ4n) is 4.71. The first-order valence-electron chi connectivity index (χ1n) is 15.1. The van der Waals surface area contributed by atoms with Crippen LogP contribution < -0.4 is 16.0 Å². The van der Waals surface area contributed by atoms with Crippen LogP contribution in [0.15, 0.2) is 72.8 Å². The van der Waals surface area contributed by atoms with E-state index in [9.17, 15) is 45.1 Å². The van der Waals surface area contributed by atoms with Gasteiger partial charge >= 0.3 is 12.3 Å². The van der Waals surface area contributed by atoms with Gasteiger partial charge in [0, 0.05) is 19.2 Å². The minimum Gasteiger partial charge on any atom is -0.445 e. The molecule has 15 heteroatoms. The van der Waals surface area contributed by atoms with Crippen molar-refractivity contribution < 1.29 is 49.8 Å². The van der Waals surface area contributed by atoms with E-state index in [-0.39, 0.29) is 25.1 Å². The summed E-state index contributed by atoms with van der Waals surface area (Å²) in [6.45, 7) is 1.90. The molecule has 0 radical (unpaired) electrons. The Morgan fingerprint density at radius 2 is 1.52 bits per heavy atom. The molecule has 3 aromatic carbocycles. The number of hydrogen-bond acceptors (Lipinski definition) is 7. The first-order chi connectivity index (χ1) is 22.6. The molecule has 0 aliphatic heterocycles. The van der Waals surface area contributed by atoms with Crippen molar-refractivity contribution in [3.8, 4) is 0 Å². The lowest BCUT2D eigenvalue weighted by molar-refractivity contribution is -0.129. The summed E-state index contributed by atoms with van der Waals surface area (Å²) in [6.07, 6.45) is -8.65. The van der Waals surface area contributed by atoms with Crippen LogP contribution in [0.1, 0.15) is 35.6 Å². The van der Waals surface area contributed by atoms with Crippen molar-refractivity contribution in [2.75, 3.05) is 18.1 Å². The van der Waals surface area contributed by atoms with Gasteiger partial charge in [-0.15, -0.1) is 0 Å². The van der Waals surface area contributed by atoms with Crippen molar-refractivity contribution >= 4 is 21.8 Å². The Balaban J connectivity index is 1.80. The molecular weight excluding hydrogens is 661 g/mol. The van der Waals surface area contributed by atoms with Gasteiger partial charge in [-0.25, -0.2) is 22.0 Å². The zero-order chi connectivity index (χ0) is 35.3. The van der Waals surface area contributed by atoms with Crippen molar-refractivity contribution in [2.24, 2.45) is 0 Å². The molecule has 0 spiro atoms. The van der Waals surface area contributed by atoms with Gasteiger partial charge < -0.3 is 25.8 Å². The van der Waals surface area contributed by atoms with Crippen molar-refractivity contribution in [1.82, 2.24) is 16.0 Å². The van der Waals surface area contributed by atoms with Gasteiger partial charge in [0.1, 0.15) is 24.3 Å². The predicted molar refractivity (Wildman–Crippen MR) is 168 cm³/mol. The third-order valence-corrected chi connectivity index (χ3v) is 8.86. The van der Waals surface area contributed by atoms with Gasteiger partial charge in [0.2, 0.25) is 5.91 Å². The molecule has 262 valence electrons. The molecule has 0 saturated heterocycles. The number of rotatable bonds is 17. The molecule has 2 amide bonds. The SMILES string of the molecule is CCc1cccc(CNC[C@@H](O)[C@H](Cc2cc(F)cc(F)c2)NC(=O)[C@@H](CS(=O)(=O)CCC(F)(F)F)NC(=O)OCc2ccccc2)c1. The number of carbonyl (C=O) groups excluding carboxylic acids is 2. The number of hydrogen-bond donors (Lipinski definition) is 4. The van der Waals surface area contributed by atoms with E-state index in [2.05, 4.69) is 16.0 Å². The zero-order valence-electron chi connectivity index (χ0n) is 26.1. The molecule has 0 aliphatic rings. The fourth-order valence-corrected chi connectivity index (χ4v) is 6.17. The van der Waals surface area contributed by atoms with Crippen LogP contribution in [0.2, 0.25) is 0 Å². The van der Waals surface area contributed by atoms with Crippen LogP contribution in [-0.4, -0.2) is 67.9 Å². The lowest BCUT2D eigenvalue weighted by atomic mass is 10.00. The molecule has 0 aromatic heterocycles. The molecule has 3 aromatic rings. The average molecular weight is 700 g/mol. The van der Waals surface area contributed by atoms with Gasteiger partial charge in [0.15, 0.2) is 9.84 Å². The smallest absolute Gasteiger partial charge is 0.408 e. The summed E-state index contributed by atoms with van der Waals surface area (Å²) in [6, 6.07) is 15.3. The van der Waals surface area contributed by atoms with E-state index in [1.165, 1.54) is 0 Å². The Hall–Kier alpha value is -4.08. The molecule has 0 saturated carbocycles. The number of carbonyl (C=O) groups is 2. The molecule has 9 nitrogen and oxygen atoms in total. The zero-order valence-corrected chi connectivity index (χ0v) is 26.9. The maximum absolute atomic E-state index is 14.0. The highest BCUT2D eigenvalue weighted by Gasteiger charge is 2.34. The first kappa shape index (κ1) is 38.4. The van der Waals surface area contributed by atoms with E-state index in [0.717, 1.165) is 29.7 Å². The Morgan fingerprint density at radius 1 is 0.875 bits per heavy atom. The highest BCUT2D eigenvalue weighted by atomic mass is 32.2. The summed E-state index contributed by atoms with van der Waals surface area (Å²) in [7, 11) is -4.57. The third-order valence-electron chi connectivity index (χ3n) is 7.19. The van der Waals surface area contributed by atoms with E-state index < -0.39 is 75.8 Å². The quantitative estimate of drug-likeness (QED) is 0.154. The highest BCUT2D eigenvalue weighted by Crippen LogP contribution is 2.21. The number of sulfone groups is 1. The van der Waals surface area contributed by atoms with Gasteiger partial charge in [-0.05, 0) is 47.2 Å². The van der Waals surface area contributed by atoms with Gasteiger partial charge in [-0.2, -0.15) is 13.2 Å². The third kappa shape index (κ3) is 14.0. The lowest BCUT2D eigenvalue weighted by Crippen LogP contribution is -2.56. The monoisotopic (exact) mass is 699 g/mol. The highest BCUT2D eigenvalue weighted by molar-refractivity contribution is 7.91.